The molecule has 0 radical (unpaired) electrons. The Labute approximate surface area is 84.9 Å². The van der Waals surface area contributed by atoms with E-state index in [2.05, 4.69) is 0 Å². The van der Waals surface area contributed by atoms with E-state index in [0.29, 0.717) is 5.02 Å². The van der Waals surface area contributed by atoms with Gasteiger partial charge in [-0.3, -0.25) is 0 Å². The number of aromatic nitrogens is 1. The van der Waals surface area contributed by atoms with Gasteiger partial charge in [0, 0.05) is 15.8 Å². The van der Waals surface area contributed by atoms with Crippen molar-refractivity contribution in [3.63, 3.8) is 0 Å². The predicted octanol–water partition coefficient (Wildman–Crippen LogP) is 2.53. The van der Waals surface area contributed by atoms with Crippen molar-refractivity contribution in [2.45, 2.75) is 0 Å². The van der Waals surface area contributed by atoms with Gasteiger partial charge in [0.2, 0.25) is 11.9 Å². The van der Waals surface area contributed by atoms with Crippen LogP contribution in [0.5, 0.6) is 5.75 Å². The van der Waals surface area contributed by atoms with Crippen LogP contribution in [0.1, 0.15) is 0 Å². The first-order valence-corrected chi connectivity index (χ1v) is 5.04. The summed E-state index contributed by atoms with van der Waals surface area (Å²) < 4.78 is 1.64. The molecule has 0 saturated carbocycles. The summed E-state index contributed by atoms with van der Waals surface area (Å²) in [7, 11) is 0. The van der Waals surface area contributed by atoms with Crippen LogP contribution in [0.25, 0.3) is 0 Å². The van der Waals surface area contributed by atoms with Crippen molar-refractivity contribution in [1.29, 1.82) is 0 Å². The second-order valence-electron chi connectivity index (χ2n) is 2.44. The molecule has 0 bridgehead atoms. The zero-order valence-corrected chi connectivity index (χ0v) is 8.26. The molecule has 0 N–H and O–H groups in total. The zero-order valence-electron chi connectivity index (χ0n) is 6.68. The van der Waals surface area contributed by atoms with Gasteiger partial charge >= 0.3 is 0 Å². The van der Waals surface area contributed by atoms with Crippen molar-refractivity contribution in [1.82, 2.24) is 0 Å². The van der Waals surface area contributed by atoms with Crippen LogP contribution in [-0.2, 0) is 0 Å². The molecule has 0 aliphatic heterocycles. The fraction of sp³-hybridized carbons (Fsp3) is 0. The number of halogens is 1. The van der Waals surface area contributed by atoms with E-state index in [9.17, 15) is 0 Å². The standard InChI is InChI=1S/C9H7ClNOS/c10-8-2-1-3-9(6-8)12-11-4-5-13-7-11/h1-7H/q+1. The van der Waals surface area contributed by atoms with E-state index in [1.807, 2.05) is 35.3 Å². The summed E-state index contributed by atoms with van der Waals surface area (Å²) in [6.07, 6.45) is 1.84. The second kappa shape index (κ2) is 3.77. The van der Waals surface area contributed by atoms with Gasteiger partial charge in [0.25, 0.3) is 5.51 Å². The third-order valence-electron chi connectivity index (χ3n) is 1.46. The molecule has 0 aliphatic carbocycles. The van der Waals surface area contributed by atoms with Gasteiger partial charge in [0.15, 0.2) is 0 Å². The minimum atomic E-state index is 0.674. The predicted molar refractivity (Wildman–Crippen MR) is 52.0 cm³/mol. The molecule has 66 valence electrons. The average molecular weight is 213 g/mol. The van der Waals surface area contributed by atoms with E-state index in [4.69, 9.17) is 16.4 Å². The fourth-order valence-corrected chi connectivity index (χ4v) is 1.60. The average Bonchev–Trinajstić information content (AvgIpc) is 2.57. The molecule has 0 atom stereocenters. The first kappa shape index (κ1) is 8.53. The minimum Gasteiger partial charge on any atom is -0.231 e. The van der Waals surface area contributed by atoms with E-state index in [1.54, 1.807) is 22.1 Å². The highest BCUT2D eigenvalue weighted by Crippen LogP contribution is 2.16. The van der Waals surface area contributed by atoms with Gasteiger partial charge < -0.3 is 0 Å². The Morgan fingerprint density at radius 3 is 3.00 bits per heavy atom. The molecule has 2 nitrogen and oxygen atoms in total. The van der Waals surface area contributed by atoms with E-state index in [1.165, 1.54) is 0 Å². The van der Waals surface area contributed by atoms with Crippen LogP contribution in [0.3, 0.4) is 0 Å². The van der Waals surface area contributed by atoms with Crippen molar-refractivity contribution < 1.29 is 9.57 Å². The lowest BCUT2D eigenvalue weighted by atomic mass is 10.3. The van der Waals surface area contributed by atoms with Gasteiger partial charge in [-0.15, -0.1) is 0 Å². The number of thiazole rings is 1. The molecular weight excluding hydrogens is 206 g/mol. The highest BCUT2D eigenvalue weighted by Gasteiger charge is 2.03. The molecule has 1 aromatic heterocycles. The number of rotatable bonds is 2. The highest BCUT2D eigenvalue weighted by molar-refractivity contribution is 7.07. The summed E-state index contributed by atoms with van der Waals surface area (Å²) >= 11 is 7.37. The third-order valence-corrected chi connectivity index (χ3v) is 2.30. The zero-order chi connectivity index (χ0) is 9.10. The lowest BCUT2D eigenvalue weighted by molar-refractivity contribution is -0.871. The van der Waals surface area contributed by atoms with Gasteiger partial charge in [-0.05, 0) is 12.1 Å². The molecule has 0 saturated heterocycles. The SMILES string of the molecule is Clc1cccc(O[n+]2ccsc2)c1. The number of benzene rings is 1. The third kappa shape index (κ3) is 2.20. The maximum Gasteiger partial charge on any atom is 0.277 e. The molecule has 0 unspecified atom stereocenters. The smallest absolute Gasteiger partial charge is 0.231 e. The Morgan fingerprint density at radius 2 is 2.31 bits per heavy atom. The Bertz CT molecular complexity index is 388. The summed E-state index contributed by atoms with van der Waals surface area (Å²) in [5.74, 6) is 0.732. The molecule has 4 heteroatoms. The van der Waals surface area contributed by atoms with Gasteiger partial charge in [-0.2, -0.15) is 0 Å². The van der Waals surface area contributed by atoms with Crippen molar-refractivity contribution in [3.05, 3.63) is 46.4 Å². The summed E-state index contributed by atoms with van der Waals surface area (Å²) in [6, 6.07) is 7.29. The summed E-state index contributed by atoms with van der Waals surface area (Å²) in [5, 5.41) is 2.61. The minimum absolute atomic E-state index is 0.674. The largest absolute Gasteiger partial charge is 0.277 e. The van der Waals surface area contributed by atoms with E-state index in [-0.39, 0.29) is 0 Å². The molecular formula is C9H7ClNOS+. The number of hydrogen-bond acceptors (Lipinski definition) is 2. The maximum atomic E-state index is 5.80. The van der Waals surface area contributed by atoms with Gasteiger partial charge in [-0.25, -0.2) is 4.84 Å². The summed E-state index contributed by atoms with van der Waals surface area (Å²) in [6.45, 7) is 0. The van der Waals surface area contributed by atoms with Crippen LogP contribution >= 0.6 is 22.9 Å². The topological polar surface area (TPSA) is 13.1 Å². The van der Waals surface area contributed by atoms with Crippen molar-refractivity contribution in [2.75, 3.05) is 0 Å². The van der Waals surface area contributed by atoms with E-state index >= 15 is 0 Å². The first-order valence-electron chi connectivity index (χ1n) is 3.72. The summed E-state index contributed by atoms with van der Waals surface area (Å²) in [4.78, 5) is 5.44. The Kier molecular flexibility index (Phi) is 2.47. The van der Waals surface area contributed by atoms with Crippen molar-refractivity contribution in [3.8, 4) is 5.75 Å². The summed E-state index contributed by atoms with van der Waals surface area (Å²) in [5.41, 5.74) is 1.86. The van der Waals surface area contributed by atoms with Gasteiger partial charge in [0.1, 0.15) is 0 Å². The molecule has 13 heavy (non-hydrogen) atoms. The molecule has 0 amide bonds. The number of nitrogens with zero attached hydrogens (tertiary/aromatic N) is 1. The van der Waals surface area contributed by atoms with E-state index in [0.717, 1.165) is 5.75 Å². The Hall–Kier alpha value is -1.06. The van der Waals surface area contributed by atoms with Gasteiger partial charge in [-0.1, -0.05) is 29.0 Å². The Morgan fingerprint density at radius 1 is 1.38 bits per heavy atom. The lowest BCUT2D eigenvalue weighted by Crippen LogP contribution is -2.36. The number of hydrogen-bond donors (Lipinski definition) is 0. The molecule has 1 aromatic carbocycles. The van der Waals surface area contributed by atoms with Gasteiger partial charge in [0.05, 0.1) is 5.38 Å². The molecule has 0 fully saturated rings. The molecule has 1 heterocycles. The fourth-order valence-electron chi connectivity index (χ4n) is 0.923. The normalized spacial score (nSPS) is 9.92. The monoisotopic (exact) mass is 212 g/mol. The van der Waals surface area contributed by atoms with Crippen LogP contribution in [0, 0.1) is 0 Å². The maximum absolute atomic E-state index is 5.80. The van der Waals surface area contributed by atoms with Crippen LogP contribution in [-0.4, -0.2) is 0 Å². The van der Waals surface area contributed by atoms with Crippen molar-refractivity contribution >= 4 is 22.9 Å². The van der Waals surface area contributed by atoms with E-state index < -0.39 is 0 Å². The van der Waals surface area contributed by atoms with Crippen LogP contribution in [0.2, 0.25) is 5.02 Å². The molecule has 0 aliphatic rings. The Balaban J connectivity index is 2.19. The second-order valence-corrected chi connectivity index (χ2v) is 3.63. The van der Waals surface area contributed by atoms with Crippen LogP contribution < -0.4 is 9.57 Å². The van der Waals surface area contributed by atoms with Crippen LogP contribution in [0.15, 0.2) is 41.4 Å². The molecule has 2 rings (SSSR count). The quantitative estimate of drug-likeness (QED) is 0.698. The molecule has 0 spiro atoms. The molecule has 2 aromatic rings. The first-order chi connectivity index (χ1) is 6.34. The highest BCUT2D eigenvalue weighted by atomic mass is 35.5. The van der Waals surface area contributed by atoms with Crippen LogP contribution in [0.4, 0.5) is 0 Å². The van der Waals surface area contributed by atoms with Crippen molar-refractivity contribution in [2.24, 2.45) is 0 Å². The lowest BCUT2D eigenvalue weighted by Gasteiger charge is -1.94.